The monoisotopic (exact) mass is 507 g/mol. The number of hydrogen-bond acceptors (Lipinski definition) is 4. The minimum absolute atomic E-state index is 0.0120. The molecule has 0 bridgehead atoms. The number of carbonyl (C=O) groups is 1. The average molecular weight is 508 g/mol. The predicted octanol–water partition coefficient (Wildman–Crippen LogP) is 7.83. The number of thioether (sulfide) groups is 1. The van der Waals surface area contributed by atoms with E-state index in [4.69, 9.17) is 4.99 Å². The van der Waals surface area contributed by atoms with Gasteiger partial charge in [0.05, 0.1) is 10.6 Å². The summed E-state index contributed by atoms with van der Waals surface area (Å²) in [6.07, 6.45) is 4.12. The number of rotatable bonds is 5. The first-order valence-electron chi connectivity index (χ1n) is 12.9. The lowest BCUT2D eigenvalue weighted by atomic mass is 9.82. The number of aliphatic imine (C=N–C) groups is 1. The van der Waals surface area contributed by atoms with E-state index >= 15 is 0 Å². The molecule has 0 radical (unpaired) electrons. The van der Waals surface area contributed by atoms with Crippen molar-refractivity contribution < 1.29 is 4.79 Å². The Morgan fingerprint density at radius 3 is 2.24 bits per heavy atom. The van der Waals surface area contributed by atoms with Gasteiger partial charge in [-0.05, 0) is 85.6 Å². The van der Waals surface area contributed by atoms with E-state index < -0.39 is 0 Å². The van der Waals surface area contributed by atoms with Crippen molar-refractivity contribution in [3.63, 3.8) is 0 Å². The first-order valence-corrected chi connectivity index (χ1v) is 13.7. The molecule has 5 rings (SSSR count). The van der Waals surface area contributed by atoms with Gasteiger partial charge in [0.25, 0.3) is 5.91 Å². The highest BCUT2D eigenvalue weighted by Gasteiger charge is 2.40. The summed E-state index contributed by atoms with van der Waals surface area (Å²) >= 11 is 1.45. The van der Waals surface area contributed by atoms with Crippen LogP contribution in [0.5, 0.6) is 0 Å². The maximum Gasteiger partial charge on any atom is 0.266 e. The Kier molecular flexibility index (Phi) is 6.82. The first kappa shape index (κ1) is 25.1. The molecular weight excluding hydrogens is 474 g/mol. The zero-order valence-corrected chi connectivity index (χ0v) is 23.0. The van der Waals surface area contributed by atoms with Crippen LogP contribution < -0.4 is 4.90 Å². The van der Waals surface area contributed by atoms with Crippen molar-refractivity contribution in [1.82, 2.24) is 4.90 Å². The highest BCUT2D eigenvalue weighted by molar-refractivity contribution is 8.18. The standard InChI is InChI=1S/C32H33N3OS/c1-6-34-27-18-15-24(23-11-9-8-10-12-23)21-26(27)32(4,5)29(34)20-19-28-30(36)35(7-2)31(37-28)33-25-16-13-22(3)14-17-25/h8-21H,6-7H2,1-5H3/b28-19-,29-20+,33-31?. The largest absolute Gasteiger partial charge is 0.344 e. The summed E-state index contributed by atoms with van der Waals surface area (Å²) in [5.74, 6) is 0.0120. The lowest BCUT2D eigenvalue weighted by Crippen LogP contribution is -2.28. The van der Waals surface area contributed by atoms with Crippen molar-refractivity contribution in [3.05, 3.63) is 107 Å². The Labute approximate surface area is 224 Å². The van der Waals surface area contributed by atoms with Crippen LogP contribution in [-0.2, 0) is 10.2 Å². The van der Waals surface area contributed by atoms with Crippen molar-refractivity contribution in [3.8, 4) is 11.1 Å². The van der Waals surface area contributed by atoms with Crippen molar-refractivity contribution in [2.24, 2.45) is 4.99 Å². The number of nitrogens with zero attached hydrogens (tertiary/aromatic N) is 3. The van der Waals surface area contributed by atoms with Crippen LogP contribution in [0.3, 0.4) is 0 Å². The molecule has 2 aliphatic heterocycles. The van der Waals surface area contributed by atoms with E-state index in [1.807, 2.05) is 43.3 Å². The average Bonchev–Trinajstić information content (AvgIpc) is 3.32. The van der Waals surface area contributed by atoms with Gasteiger partial charge < -0.3 is 4.90 Å². The molecule has 3 aromatic rings. The lowest BCUT2D eigenvalue weighted by Gasteiger charge is -2.25. The van der Waals surface area contributed by atoms with Crippen LogP contribution in [0.2, 0.25) is 0 Å². The third-order valence-electron chi connectivity index (χ3n) is 7.17. The van der Waals surface area contributed by atoms with Crippen LogP contribution in [0.1, 0.15) is 38.8 Å². The summed E-state index contributed by atoms with van der Waals surface area (Å²) < 4.78 is 0. The van der Waals surface area contributed by atoms with E-state index in [9.17, 15) is 4.79 Å². The third kappa shape index (κ3) is 4.64. The van der Waals surface area contributed by atoms with Crippen LogP contribution in [0.25, 0.3) is 11.1 Å². The SMILES string of the molecule is CCN1C(=O)/C(=C/C=C2/N(CC)c3ccc(-c4ccccc4)cc3C2(C)C)SC1=Nc1ccc(C)cc1. The van der Waals surface area contributed by atoms with Gasteiger partial charge in [-0.3, -0.25) is 9.69 Å². The lowest BCUT2D eigenvalue weighted by molar-refractivity contribution is -0.122. The van der Waals surface area contributed by atoms with E-state index in [0.717, 1.165) is 17.4 Å². The van der Waals surface area contributed by atoms with Crippen LogP contribution in [0, 0.1) is 6.92 Å². The van der Waals surface area contributed by atoms with Crippen molar-refractivity contribution in [1.29, 1.82) is 0 Å². The maximum atomic E-state index is 13.2. The molecule has 0 atom stereocenters. The number of benzene rings is 3. The molecule has 0 aliphatic carbocycles. The molecule has 0 saturated carbocycles. The molecule has 4 nitrogen and oxygen atoms in total. The molecule has 1 fully saturated rings. The molecule has 0 unspecified atom stereocenters. The van der Waals surface area contributed by atoms with Gasteiger partial charge in [-0.2, -0.15) is 0 Å². The fourth-order valence-corrected chi connectivity index (χ4v) is 6.10. The predicted molar refractivity (Wildman–Crippen MR) is 157 cm³/mol. The van der Waals surface area contributed by atoms with Gasteiger partial charge in [0.15, 0.2) is 5.17 Å². The third-order valence-corrected chi connectivity index (χ3v) is 8.20. The number of allylic oxidation sites excluding steroid dienone is 3. The molecule has 2 aliphatic rings. The van der Waals surface area contributed by atoms with Gasteiger partial charge in [-0.25, -0.2) is 4.99 Å². The van der Waals surface area contributed by atoms with Gasteiger partial charge >= 0.3 is 0 Å². The molecule has 1 amide bonds. The minimum atomic E-state index is -0.192. The number of anilines is 1. The molecule has 2 heterocycles. The van der Waals surface area contributed by atoms with Crippen molar-refractivity contribution in [2.75, 3.05) is 18.0 Å². The Morgan fingerprint density at radius 2 is 1.57 bits per heavy atom. The number of carbonyl (C=O) groups excluding carboxylic acids is 1. The summed E-state index contributed by atoms with van der Waals surface area (Å²) in [6.45, 7) is 12.2. The normalized spacial score (nSPS) is 19.9. The second-order valence-electron chi connectivity index (χ2n) is 9.93. The van der Waals surface area contributed by atoms with Crippen LogP contribution in [0.4, 0.5) is 11.4 Å². The van der Waals surface area contributed by atoms with E-state index in [0.29, 0.717) is 11.4 Å². The summed E-state index contributed by atoms with van der Waals surface area (Å²) in [6, 6.07) is 25.3. The van der Waals surface area contributed by atoms with Gasteiger partial charge in [0.1, 0.15) is 0 Å². The molecule has 0 spiro atoms. The number of fused-ring (bicyclic) bond motifs is 1. The second-order valence-corrected chi connectivity index (χ2v) is 10.9. The van der Waals surface area contributed by atoms with Gasteiger partial charge in [0, 0.05) is 29.9 Å². The molecule has 0 N–H and O–H groups in total. The van der Waals surface area contributed by atoms with E-state index in [1.54, 1.807) is 4.90 Å². The molecular formula is C32H33N3OS. The van der Waals surface area contributed by atoms with E-state index in [2.05, 4.69) is 81.1 Å². The Hall–Kier alpha value is -3.57. The number of amides is 1. The molecule has 0 aromatic heterocycles. The Balaban J connectivity index is 1.49. The van der Waals surface area contributed by atoms with Crippen molar-refractivity contribution >= 4 is 34.2 Å². The second kappa shape index (κ2) is 10.1. The molecule has 5 heteroatoms. The van der Waals surface area contributed by atoms with E-state index in [1.165, 1.54) is 45.4 Å². The first-order chi connectivity index (χ1) is 17.8. The number of likely N-dealkylation sites (N-methyl/N-ethyl adjacent to an activating group) is 2. The van der Waals surface area contributed by atoms with Crippen molar-refractivity contribution in [2.45, 2.75) is 40.0 Å². The smallest absolute Gasteiger partial charge is 0.266 e. The minimum Gasteiger partial charge on any atom is -0.344 e. The van der Waals surface area contributed by atoms with Gasteiger partial charge in [-0.15, -0.1) is 0 Å². The van der Waals surface area contributed by atoms with Gasteiger partial charge in [0.2, 0.25) is 0 Å². The summed E-state index contributed by atoms with van der Waals surface area (Å²) in [7, 11) is 0. The maximum absolute atomic E-state index is 13.2. The Bertz CT molecular complexity index is 1420. The van der Waals surface area contributed by atoms with Crippen LogP contribution in [0.15, 0.2) is 101 Å². The Morgan fingerprint density at radius 1 is 0.865 bits per heavy atom. The molecule has 37 heavy (non-hydrogen) atoms. The van der Waals surface area contributed by atoms with Gasteiger partial charge in [-0.1, -0.05) is 67.9 Å². The molecule has 188 valence electrons. The summed E-state index contributed by atoms with van der Waals surface area (Å²) in [5.41, 5.74) is 8.04. The van der Waals surface area contributed by atoms with Crippen LogP contribution in [-0.4, -0.2) is 29.1 Å². The quantitative estimate of drug-likeness (QED) is 0.330. The summed E-state index contributed by atoms with van der Waals surface area (Å²) in [4.78, 5) is 22.8. The highest BCUT2D eigenvalue weighted by Crippen LogP contribution is 2.49. The topological polar surface area (TPSA) is 35.9 Å². The highest BCUT2D eigenvalue weighted by atomic mass is 32.2. The number of amidine groups is 1. The van der Waals surface area contributed by atoms with E-state index in [-0.39, 0.29) is 11.3 Å². The summed E-state index contributed by atoms with van der Waals surface area (Å²) in [5, 5.41) is 0.731. The zero-order valence-electron chi connectivity index (χ0n) is 22.2. The fourth-order valence-electron chi connectivity index (χ4n) is 5.10. The molecule has 3 aromatic carbocycles. The number of aryl methyl sites for hydroxylation is 1. The van der Waals surface area contributed by atoms with Crippen LogP contribution >= 0.6 is 11.8 Å². The molecule has 1 saturated heterocycles. The fraction of sp³-hybridized carbons (Fsp3) is 0.250. The number of hydrogen-bond donors (Lipinski definition) is 0. The zero-order chi connectivity index (χ0) is 26.2.